The highest BCUT2D eigenvalue weighted by atomic mass is 32.1. The van der Waals surface area contributed by atoms with E-state index in [-0.39, 0.29) is 11.5 Å². The largest absolute Gasteiger partial charge is 0.387 e. The third-order valence-corrected chi connectivity index (χ3v) is 5.90. The summed E-state index contributed by atoms with van der Waals surface area (Å²) in [4.78, 5) is 6.67. The molecule has 1 aliphatic rings. The molecule has 2 heterocycles. The van der Waals surface area contributed by atoms with Crippen LogP contribution in [0.15, 0.2) is 12.5 Å². The number of fused-ring (bicyclic) bond motifs is 1. The minimum atomic E-state index is -0.354. The molecule has 1 aliphatic carbocycles. The lowest BCUT2D eigenvalue weighted by atomic mass is 9.82. The van der Waals surface area contributed by atoms with Gasteiger partial charge >= 0.3 is 0 Å². The Hall–Kier alpha value is -0.870. The van der Waals surface area contributed by atoms with Crippen LogP contribution in [-0.2, 0) is 5.41 Å². The minimum Gasteiger partial charge on any atom is -0.387 e. The van der Waals surface area contributed by atoms with Gasteiger partial charge in [0.15, 0.2) is 0 Å². The monoisotopic (exact) mass is 292 g/mol. The number of aliphatic hydroxyl groups excluding tert-OH is 1. The molecule has 0 bridgehead atoms. The average molecular weight is 292 g/mol. The van der Waals surface area contributed by atoms with E-state index in [9.17, 15) is 5.11 Å². The Balaban J connectivity index is 2.05. The Morgan fingerprint density at radius 2 is 2.00 bits per heavy atom. The van der Waals surface area contributed by atoms with Crippen LogP contribution in [0, 0.1) is 5.92 Å². The van der Waals surface area contributed by atoms with Gasteiger partial charge in [-0.3, -0.25) is 4.40 Å². The van der Waals surface area contributed by atoms with Gasteiger partial charge in [0.1, 0.15) is 11.2 Å². The van der Waals surface area contributed by atoms with E-state index in [1.165, 1.54) is 24.1 Å². The highest BCUT2D eigenvalue weighted by Crippen LogP contribution is 2.42. The fourth-order valence-corrected chi connectivity index (χ4v) is 4.49. The van der Waals surface area contributed by atoms with Crippen LogP contribution in [0.5, 0.6) is 0 Å². The molecule has 2 aromatic heterocycles. The number of hydrogen-bond acceptors (Lipinski definition) is 3. The van der Waals surface area contributed by atoms with E-state index in [0.29, 0.717) is 5.92 Å². The van der Waals surface area contributed by atoms with Gasteiger partial charge in [-0.15, -0.1) is 11.3 Å². The Labute approximate surface area is 124 Å². The molecular formula is C16H24N2OS. The number of thiazole rings is 1. The summed E-state index contributed by atoms with van der Waals surface area (Å²) < 4.78 is 2.10. The van der Waals surface area contributed by atoms with Crippen LogP contribution in [-0.4, -0.2) is 14.5 Å². The third kappa shape index (κ3) is 2.40. The molecule has 0 aliphatic heterocycles. The van der Waals surface area contributed by atoms with Crippen LogP contribution in [0.25, 0.3) is 4.83 Å². The maximum atomic E-state index is 11.0. The third-order valence-electron chi connectivity index (χ3n) is 4.36. The Kier molecular flexibility index (Phi) is 3.63. The summed E-state index contributed by atoms with van der Waals surface area (Å²) >= 11 is 1.77. The van der Waals surface area contributed by atoms with Gasteiger partial charge in [-0.2, -0.15) is 0 Å². The SMILES string of the molecule is CC(C)(C)c1sc2cncn2c1[C@@H](O)C1CCCCC1. The van der Waals surface area contributed by atoms with Gasteiger partial charge < -0.3 is 5.11 Å². The van der Waals surface area contributed by atoms with Crippen LogP contribution >= 0.6 is 11.3 Å². The Bertz CT molecular complexity index is 587. The summed E-state index contributed by atoms with van der Waals surface area (Å²) in [6, 6.07) is 0. The molecule has 3 nitrogen and oxygen atoms in total. The lowest BCUT2D eigenvalue weighted by Gasteiger charge is -2.29. The predicted molar refractivity (Wildman–Crippen MR) is 83.3 cm³/mol. The quantitative estimate of drug-likeness (QED) is 0.895. The van der Waals surface area contributed by atoms with E-state index in [1.54, 1.807) is 11.3 Å². The van der Waals surface area contributed by atoms with E-state index in [0.717, 1.165) is 23.4 Å². The number of nitrogens with zero attached hydrogens (tertiary/aromatic N) is 2. The number of aromatic nitrogens is 2. The molecular weight excluding hydrogens is 268 g/mol. The molecule has 1 atom stereocenters. The van der Waals surface area contributed by atoms with Crippen LogP contribution in [0.4, 0.5) is 0 Å². The maximum absolute atomic E-state index is 11.0. The molecule has 0 aromatic carbocycles. The van der Waals surface area contributed by atoms with E-state index < -0.39 is 0 Å². The first-order chi connectivity index (χ1) is 9.48. The van der Waals surface area contributed by atoms with E-state index in [2.05, 4.69) is 30.2 Å². The second-order valence-electron chi connectivity index (χ2n) is 7.01. The van der Waals surface area contributed by atoms with Crippen molar-refractivity contribution in [3.63, 3.8) is 0 Å². The lowest BCUT2D eigenvalue weighted by Crippen LogP contribution is -2.21. The van der Waals surface area contributed by atoms with E-state index in [4.69, 9.17) is 0 Å². The number of rotatable bonds is 2. The smallest absolute Gasteiger partial charge is 0.120 e. The molecule has 4 heteroatoms. The zero-order valence-electron chi connectivity index (χ0n) is 12.6. The average Bonchev–Trinajstić information content (AvgIpc) is 2.98. The molecule has 0 amide bonds. The Morgan fingerprint density at radius 3 is 2.65 bits per heavy atom. The molecule has 0 saturated heterocycles. The van der Waals surface area contributed by atoms with Gasteiger partial charge in [-0.25, -0.2) is 4.98 Å². The summed E-state index contributed by atoms with van der Waals surface area (Å²) in [5, 5.41) is 11.0. The van der Waals surface area contributed by atoms with Crippen molar-refractivity contribution < 1.29 is 5.11 Å². The predicted octanol–water partition coefficient (Wildman–Crippen LogP) is 4.31. The fourth-order valence-electron chi connectivity index (χ4n) is 3.29. The maximum Gasteiger partial charge on any atom is 0.120 e. The molecule has 1 N–H and O–H groups in total. The summed E-state index contributed by atoms with van der Waals surface area (Å²) in [5.74, 6) is 0.407. The first-order valence-electron chi connectivity index (χ1n) is 7.62. The molecule has 1 saturated carbocycles. The van der Waals surface area contributed by atoms with Crippen molar-refractivity contribution in [1.82, 2.24) is 9.38 Å². The molecule has 20 heavy (non-hydrogen) atoms. The summed E-state index contributed by atoms with van der Waals surface area (Å²) in [6.45, 7) is 6.67. The topological polar surface area (TPSA) is 37.5 Å². The van der Waals surface area contributed by atoms with Gasteiger partial charge in [0.05, 0.1) is 18.0 Å². The second-order valence-corrected chi connectivity index (χ2v) is 8.04. The van der Waals surface area contributed by atoms with Crippen molar-refractivity contribution in [2.45, 2.75) is 64.4 Å². The number of aliphatic hydroxyl groups is 1. The fraction of sp³-hybridized carbons (Fsp3) is 0.688. The van der Waals surface area contributed by atoms with Gasteiger partial charge in [0.2, 0.25) is 0 Å². The van der Waals surface area contributed by atoms with Crippen LogP contribution in [0.2, 0.25) is 0 Å². The summed E-state index contributed by atoms with van der Waals surface area (Å²) in [7, 11) is 0. The van der Waals surface area contributed by atoms with E-state index >= 15 is 0 Å². The number of hydrogen-bond donors (Lipinski definition) is 1. The highest BCUT2D eigenvalue weighted by molar-refractivity contribution is 7.17. The normalized spacial score (nSPS) is 19.6. The number of imidazole rings is 1. The first kappa shape index (κ1) is 14.1. The zero-order valence-corrected chi connectivity index (χ0v) is 13.4. The molecule has 0 radical (unpaired) electrons. The lowest BCUT2D eigenvalue weighted by molar-refractivity contribution is 0.0791. The molecule has 0 spiro atoms. The van der Waals surface area contributed by atoms with Crippen LogP contribution in [0.3, 0.4) is 0 Å². The van der Waals surface area contributed by atoms with Crippen LogP contribution in [0.1, 0.15) is 69.6 Å². The zero-order chi connectivity index (χ0) is 14.3. The van der Waals surface area contributed by atoms with Crippen molar-refractivity contribution in [1.29, 1.82) is 0 Å². The Morgan fingerprint density at radius 1 is 1.30 bits per heavy atom. The van der Waals surface area contributed by atoms with Gasteiger partial charge in [0, 0.05) is 4.88 Å². The molecule has 1 fully saturated rings. The van der Waals surface area contributed by atoms with Gasteiger partial charge in [-0.1, -0.05) is 40.0 Å². The van der Waals surface area contributed by atoms with Crippen LogP contribution < -0.4 is 0 Å². The second kappa shape index (κ2) is 5.15. The minimum absolute atomic E-state index is 0.0642. The molecule has 0 unspecified atom stereocenters. The summed E-state index contributed by atoms with van der Waals surface area (Å²) in [6.07, 6.45) is 9.52. The molecule has 110 valence electrons. The van der Waals surface area contributed by atoms with E-state index in [1.807, 2.05) is 12.5 Å². The van der Waals surface area contributed by atoms with Crippen molar-refractivity contribution in [3.05, 3.63) is 23.1 Å². The summed E-state index contributed by atoms with van der Waals surface area (Å²) in [5.41, 5.74) is 1.15. The highest BCUT2D eigenvalue weighted by Gasteiger charge is 2.32. The van der Waals surface area contributed by atoms with Gasteiger partial charge in [0.25, 0.3) is 0 Å². The van der Waals surface area contributed by atoms with Crippen molar-refractivity contribution >= 4 is 16.2 Å². The molecule has 2 aromatic rings. The van der Waals surface area contributed by atoms with Crippen molar-refractivity contribution in [2.75, 3.05) is 0 Å². The van der Waals surface area contributed by atoms with Crippen molar-refractivity contribution in [2.24, 2.45) is 5.92 Å². The van der Waals surface area contributed by atoms with Gasteiger partial charge in [-0.05, 0) is 24.2 Å². The van der Waals surface area contributed by atoms with Crippen molar-refractivity contribution in [3.8, 4) is 0 Å². The molecule has 3 rings (SSSR count). The standard InChI is InChI=1S/C16H24N2OS/c1-16(2,3)15-13(18-10-17-9-12(18)20-15)14(19)11-7-5-4-6-8-11/h9-11,14,19H,4-8H2,1-3H3/t14-/m0/s1. The first-order valence-corrected chi connectivity index (χ1v) is 8.43.